The summed E-state index contributed by atoms with van der Waals surface area (Å²) in [7, 11) is 0. The summed E-state index contributed by atoms with van der Waals surface area (Å²) in [5.74, 6) is 0. The van der Waals surface area contributed by atoms with Crippen molar-refractivity contribution in [3.63, 3.8) is 0 Å². The molecule has 2 rings (SSSR count). The van der Waals surface area contributed by atoms with E-state index in [4.69, 9.17) is 0 Å². The maximum Gasteiger partial charge on any atom is 0.332 e. The van der Waals surface area contributed by atoms with E-state index in [2.05, 4.69) is 0 Å². The van der Waals surface area contributed by atoms with Crippen LogP contribution in [0.15, 0.2) is 47.5 Å². The van der Waals surface area contributed by atoms with Crippen molar-refractivity contribution in [1.82, 2.24) is 4.57 Å². The highest BCUT2D eigenvalue weighted by Crippen LogP contribution is 2.16. The Balaban J connectivity index is 2.47. The van der Waals surface area contributed by atoms with E-state index in [0.717, 1.165) is 12.3 Å². The average molecular weight is 261 g/mol. The van der Waals surface area contributed by atoms with Crippen molar-refractivity contribution in [3.8, 4) is 5.69 Å². The summed E-state index contributed by atoms with van der Waals surface area (Å²) in [5.41, 5.74) is -0.850. The zero-order valence-electron chi connectivity index (χ0n) is 9.42. The number of nitrogens with zero attached hydrogens (tertiary/aromatic N) is 3. The molecule has 8 heteroatoms. The van der Waals surface area contributed by atoms with Gasteiger partial charge in [0.2, 0.25) is 0 Å². The van der Waals surface area contributed by atoms with E-state index in [0.29, 0.717) is 5.69 Å². The van der Waals surface area contributed by atoms with Gasteiger partial charge in [-0.3, -0.25) is 25.0 Å². The smallest absolute Gasteiger partial charge is 0.317 e. The maximum absolute atomic E-state index is 11.2. The van der Waals surface area contributed by atoms with Crippen LogP contribution in [0.4, 0.5) is 11.4 Å². The van der Waals surface area contributed by atoms with Gasteiger partial charge >= 0.3 is 5.69 Å². The number of hydrogen-bond acceptors (Lipinski definition) is 5. The molecule has 1 heterocycles. The van der Waals surface area contributed by atoms with Crippen LogP contribution in [-0.4, -0.2) is 14.4 Å². The topological polar surface area (TPSA) is 108 Å². The lowest BCUT2D eigenvalue weighted by Crippen LogP contribution is -2.09. The summed E-state index contributed by atoms with van der Waals surface area (Å²) in [6, 6.07) is 6.50. The highest BCUT2D eigenvalue weighted by molar-refractivity contribution is 5.42. The van der Waals surface area contributed by atoms with Gasteiger partial charge in [-0.25, -0.2) is 0 Å². The molecule has 0 bridgehead atoms. The van der Waals surface area contributed by atoms with Gasteiger partial charge in [-0.05, 0) is 12.1 Å². The Labute approximate surface area is 105 Å². The third kappa shape index (κ3) is 2.46. The van der Waals surface area contributed by atoms with Gasteiger partial charge in [-0.15, -0.1) is 0 Å². The molecule has 1 aromatic heterocycles. The summed E-state index contributed by atoms with van der Waals surface area (Å²) < 4.78 is 1.35. The van der Waals surface area contributed by atoms with Crippen LogP contribution in [0.25, 0.3) is 5.69 Å². The Kier molecular flexibility index (Phi) is 3.06. The first-order chi connectivity index (χ1) is 8.99. The van der Waals surface area contributed by atoms with Gasteiger partial charge in [0.05, 0.1) is 16.0 Å². The molecule has 0 atom stereocenters. The third-order valence-corrected chi connectivity index (χ3v) is 2.46. The first kappa shape index (κ1) is 12.4. The summed E-state index contributed by atoms with van der Waals surface area (Å²) in [4.78, 5) is 31.1. The fourth-order valence-electron chi connectivity index (χ4n) is 1.52. The monoisotopic (exact) mass is 261 g/mol. The van der Waals surface area contributed by atoms with Gasteiger partial charge in [0.25, 0.3) is 11.1 Å². The van der Waals surface area contributed by atoms with E-state index in [1.165, 1.54) is 35.0 Å². The minimum Gasteiger partial charge on any atom is -0.317 e. The van der Waals surface area contributed by atoms with Gasteiger partial charge in [-0.1, -0.05) is 0 Å². The number of aromatic nitrogens is 1. The van der Waals surface area contributed by atoms with E-state index in [9.17, 15) is 25.0 Å². The lowest BCUT2D eigenvalue weighted by atomic mass is 10.2. The highest BCUT2D eigenvalue weighted by Gasteiger charge is 2.12. The van der Waals surface area contributed by atoms with E-state index in [-0.39, 0.29) is 5.69 Å². The predicted molar refractivity (Wildman–Crippen MR) is 65.3 cm³/mol. The average Bonchev–Trinajstić information content (AvgIpc) is 2.39. The van der Waals surface area contributed by atoms with E-state index in [1.54, 1.807) is 0 Å². The van der Waals surface area contributed by atoms with E-state index < -0.39 is 21.0 Å². The molecule has 0 spiro atoms. The number of pyridine rings is 1. The van der Waals surface area contributed by atoms with Gasteiger partial charge in [-0.2, -0.15) is 0 Å². The minimum absolute atomic E-state index is 0.0840. The molecule has 0 saturated carbocycles. The number of nitro benzene ring substituents is 1. The molecule has 8 nitrogen and oxygen atoms in total. The van der Waals surface area contributed by atoms with Crippen LogP contribution in [0.5, 0.6) is 0 Å². The molecule has 1 aromatic carbocycles. The van der Waals surface area contributed by atoms with Crippen LogP contribution >= 0.6 is 0 Å². The Morgan fingerprint density at radius 1 is 0.947 bits per heavy atom. The van der Waals surface area contributed by atoms with Crippen molar-refractivity contribution in [2.75, 3.05) is 0 Å². The van der Waals surface area contributed by atoms with Crippen LogP contribution < -0.4 is 5.43 Å². The lowest BCUT2D eigenvalue weighted by Gasteiger charge is -2.05. The summed E-state index contributed by atoms with van der Waals surface area (Å²) >= 11 is 0. The van der Waals surface area contributed by atoms with Crippen molar-refractivity contribution >= 4 is 11.4 Å². The molecule has 0 aliphatic heterocycles. The lowest BCUT2D eigenvalue weighted by molar-refractivity contribution is -0.386. The first-order valence-electron chi connectivity index (χ1n) is 5.10. The fraction of sp³-hybridized carbons (Fsp3) is 0. The van der Waals surface area contributed by atoms with Gasteiger partial charge in [0.15, 0.2) is 0 Å². The minimum atomic E-state index is -0.774. The second-order valence-corrected chi connectivity index (χ2v) is 3.63. The van der Waals surface area contributed by atoms with Gasteiger partial charge < -0.3 is 4.57 Å². The van der Waals surface area contributed by atoms with Gasteiger partial charge in [0.1, 0.15) is 0 Å². The van der Waals surface area contributed by atoms with Crippen LogP contribution in [0.3, 0.4) is 0 Å². The molecule has 96 valence electrons. The second kappa shape index (κ2) is 4.69. The summed E-state index contributed by atoms with van der Waals surface area (Å²) in [5, 5.41) is 21.2. The molecule has 0 unspecified atom stereocenters. The number of hydrogen-bond donors (Lipinski definition) is 0. The Morgan fingerprint density at radius 3 is 2.11 bits per heavy atom. The number of rotatable bonds is 3. The maximum atomic E-state index is 11.2. The largest absolute Gasteiger partial charge is 0.332 e. The summed E-state index contributed by atoms with van der Waals surface area (Å²) in [6.07, 6.45) is 2.43. The zero-order chi connectivity index (χ0) is 14.0. The van der Waals surface area contributed by atoms with Crippen molar-refractivity contribution in [2.45, 2.75) is 0 Å². The Morgan fingerprint density at radius 2 is 1.58 bits per heavy atom. The van der Waals surface area contributed by atoms with E-state index >= 15 is 0 Å². The second-order valence-electron chi connectivity index (χ2n) is 3.63. The molecule has 0 saturated heterocycles. The Hall–Kier alpha value is -3.03. The van der Waals surface area contributed by atoms with Gasteiger partial charge in [0, 0.05) is 30.1 Å². The first-order valence-corrected chi connectivity index (χ1v) is 5.10. The summed E-state index contributed by atoms with van der Waals surface area (Å²) in [6.45, 7) is 0. The highest BCUT2D eigenvalue weighted by atomic mass is 16.6. The van der Waals surface area contributed by atoms with Crippen molar-refractivity contribution in [3.05, 3.63) is 73.2 Å². The predicted octanol–water partition coefficient (Wildman–Crippen LogP) is 1.65. The van der Waals surface area contributed by atoms with Crippen LogP contribution in [-0.2, 0) is 0 Å². The molecule has 0 N–H and O–H groups in total. The number of non-ortho nitro benzene ring substituents is 1. The molecule has 0 radical (unpaired) electrons. The molecule has 0 aliphatic rings. The SMILES string of the molecule is O=c1ccn(-c2ccc([N+](=O)[O-])cc2)cc1[N+](=O)[O-]. The molecular weight excluding hydrogens is 254 g/mol. The molecule has 2 aromatic rings. The molecule has 0 amide bonds. The molecule has 0 aliphatic carbocycles. The fourth-order valence-corrected chi connectivity index (χ4v) is 1.52. The Bertz CT molecular complexity index is 705. The zero-order valence-corrected chi connectivity index (χ0v) is 9.42. The van der Waals surface area contributed by atoms with Crippen molar-refractivity contribution in [2.24, 2.45) is 0 Å². The molecule has 19 heavy (non-hydrogen) atoms. The molecule has 0 fully saturated rings. The third-order valence-electron chi connectivity index (χ3n) is 2.46. The normalized spacial score (nSPS) is 10.1. The van der Waals surface area contributed by atoms with E-state index in [1.807, 2.05) is 0 Å². The van der Waals surface area contributed by atoms with Crippen LogP contribution in [0.1, 0.15) is 0 Å². The van der Waals surface area contributed by atoms with Crippen LogP contribution in [0.2, 0.25) is 0 Å². The number of benzene rings is 1. The standard InChI is InChI=1S/C11H7N3O5/c15-11-5-6-12(7-10(11)14(18)19)8-1-3-9(4-2-8)13(16)17/h1-7H. The number of nitro groups is 2. The van der Waals surface area contributed by atoms with Crippen molar-refractivity contribution in [1.29, 1.82) is 0 Å². The van der Waals surface area contributed by atoms with Crippen LogP contribution in [0, 0.1) is 20.2 Å². The van der Waals surface area contributed by atoms with Crippen molar-refractivity contribution < 1.29 is 9.85 Å². The quantitative estimate of drug-likeness (QED) is 0.616. The molecular formula is C11H7N3O5.